The maximum Gasteiger partial charge on any atom is 0.259 e. The van der Waals surface area contributed by atoms with E-state index >= 15 is 0 Å². The van der Waals surface area contributed by atoms with Gasteiger partial charge in [0, 0.05) is 35.4 Å². The van der Waals surface area contributed by atoms with Gasteiger partial charge in [-0.1, -0.05) is 48.0 Å². The Bertz CT molecular complexity index is 1180. The smallest absolute Gasteiger partial charge is 0.259 e. The summed E-state index contributed by atoms with van der Waals surface area (Å²) in [5.41, 5.74) is 8.19. The van der Waals surface area contributed by atoms with Crippen LogP contribution in [0.15, 0.2) is 90.4 Å². The lowest BCUT2D eigenvalue weighted by molar-refractivity contribution is -0.119. The number of rotatable bonds is 8. The number of pyridine rings is 1. The number of carbonyl (C=O) groups excluding carboxylic acids is 1. The summed E-state index contributed by atoms with van der Waals surface area (Å²) in [5.74, 6) is -0.235. The van der Waals surface area contributed by atoms with Crippen molar-refractivity contribution < 1.29 is 4.79 Å². The van der Waals surface area contributed by atoms with E-state index in [1.807, 2.05) is 72.4 Å². The Morgan fingerprint density at radius 2 is 1.88 bits per heavy atom. The fraction of sp³-hybridized carbons (Fsp3) is 0.120. The highest BCUT2D eigenvalue weighted by molar-refractivity contribution is 5.89. The van der Waals surface area contributed by atoms with Crippen LogP contribution in [0.25, 0.3) is 11.3 Å². The highest BCUT2D eigenvalue weighted by atomic mass is 16.2. The number of hydrazone groups is 1. The van der Waals surface area contributed by atoms with Gasteiger partial charge in [0.25, 0.3) is 5.91 Å². The van der Waals surface area contributed by atoms with Gasteiger partial charge in [-0.25, -0.2) is 5.43 Å². The summed E-state index contributed by atoms with van der Waals surface area (Å²) in [6.07, 6.45) is 7.01. The molecule has 0 saturated heterocycles. The van der Waals surface area contributed by atoms with Gasteiger partial charge in [0.15, 0.2) is 0 Å². The third kappa shape index (κ3) is 5.66. The van der Waals surface area contributed by atoms with Crippen molar-refractivity contribution in [3.05, 3.63) is 102 Å². The minimum atomic E-state index is -0.235. The Morgan fingerprint density at radius 1 is 1.06 bits per heavy atom. The second-order valence-electron chi connectivity index (χ2n) is 7.37. The third-order valence-corrected chi connectivity index (χ3v) is 4.81. The molecule has 7 heteroatoms. The number of hydrogen-bond donors (Lipinski definition) is 2. The molecule has 0 bridgehead atoms. The van der Waals surface area contributed by atoms with Crippen LogP contribution in [0.5, 0.6) is 0 Å². The van der Waals surface area contributed by atoms with Gasteiger partial charge in [-0.2, -0.15) is 10.2 Å². The number of aromatic nitrogens is 3. The zero-order chi connectivity index (χ0) is 22.2. The van der Waals surface area contributed by atoms with Gasteiger partial charge >= 0.3 is 0 Å². The predicted molar refractivity (Wildman–Crippen MR) is 126 cm³/mol. The molecule has 0 spiro atoms. The van der Waals surface area contributed by atoms with E-state index in [1.165, 1.54) is 5.56 Å². The van der Waals surface area contributed by atoms with Crippen molar-refractivity contribution in [2.75, 3.05) is 11.9 Å². The van der Waals surface area contributed by atoms with Gasteiger partial charge in [-0.3, -0.25) is 14.5 Å². The fourth-order valence-electron chi connectivity index (χ4n) is 3.18. The number of anilines is 1. The van der Waals surface area contributed by atoms with Crippen molar-refractivity contribution in [1.29, 1.82) is 0 Å². The first kappa shape index (κ1) is 21.0. The summed E-state index contributed by atoms with van der Waals surface area (Å²) < 4.78 is 1.86. The molecule has 4 aromatic rings. The van der Waals surface area contributed by atoms with Crippen molar-refractivity contribution in [3.8, 4) is 11.3 Å². The van der Waals surface area contributed by atoms with E-state index in [4.69, 9.17) is 5.10 Å². The van der Waals surface area contributed by atoms with Crippen molar-refractivity contribution in [3.63, 3.8) is 0 Å². The predicted octanol–water partition coefficient (Wildman–Crippen LogP) is 3.86. The zero-order valence-corrected chi connectivity index (χ0v) is 17.8. The van der Waals surface area contributed by atoms with E-state index in [2.05, 4.69) is 33.0 Å². The lowest BCUT2D eigenvalue weighted by Gasteiger charge is -2.05. The second-order valence-corrected chi connectivity index (χ2v) is 7.37. The molecular formula is C25H24N6O. The van der Waals surface area contributed by atoms with Gasteiger partial charge in [-0.15, -0.1) is 0 Å². The first-order valence-corrected chi connectivity index (χ1v) is 10.3. The van der Waals surface area contributed by atoms with Crippen LogP contribution in [0.3, 0.4) is 0 Å². The van der Waals surface area contributed by atoms with Gasteiger partial charge in [0.1, 0.15) is 5.69 Å². The number of nitrogens with one attached hydrogen (secondary N) is 2. The largest absolute Gasteiger partial charge is 0.376 e. The molecule has 2 aromatic carbocycles. The van der Waals surface area contributed by atoms with E-state index in [0.717, 1.165) is 28.1 Å². The molecule has 0 aliphatic heterocycles. The van der Waals surface area contributed by atoms with Crippen LogP contribution in [0.2, 0.25) is 0 Å². The van der Waals surface area contributed by atoms with Gasteiger partial charge < -0.3 is 5.32 Å². The van der Waals surface area contributed by atoms with Crippen molar-refractivity contribution in [2.45, 2.75) is 13.5 Å². The molecule has 2 N–H and O–H groups in total. The average Bonchev–Trinajstić information content (AvgIpc) is 3.22. The average molecular weight is 425 g/mol. The SMILES string of the molecule is Cc1ccc(NCC(=O)N/N=C/c2cn(Cc3ccccc3)nc2-c2cccnc2)cc1. The summed E-state index contributed by atoms with van der Waals surface area (Å²) in [6, 6.07) is 21.8. The molecule has 2 heterocycles. The molecule has 0 unspecified atom stereocenters. The van der Waals surface area contributed by atoms with Crippen LogP contribution >= 0.6 is 0 Å². The maximum absolute atomic E-state index is 12.2. The third-order valence-electron chi connectivity index (χ3n) is 4.81. The first-order valence-electron chi connectivity index (χ1n) is 10.3. The molecule has 4 rings (SSSR count). The molecule has 160 valence electrons. The number of amides is 1. The number of nitrogens with zero attached hydrogens (tertiary/aromatic N) is 4. The maximum atomic E-state index is 12.2. The fourth-order valence-corrected chi connectivity index (χ4v) is 3.18. The number of benzene rings is 2. The molecule has 1 amide bonds. The van der Waals surface area contributed by atoms with E-state index in [-0.39, 0.29) is 12.5 Å². The molecule has 0 saturated carbocycles. The molecule has 2 aromatic heterocycles. The summed E-state index contributed by atoms with van der Waals surface area (Å²) in [4.78, 5) is 16.3. The summed E-state index contributed by atoms with van der Waals surface area (Å²) in [6.45, 7) is 2.78. The number of hydrogen-bond acceptors (Lipinski definition) is 5. The Labute approximate surface area is 186 Å². The summed E-state index contributed by atoms with van der Waals surface area (Å²) >= 11 is 0. The van der Waals surface area contributed by atoms with Crippen LogP contribution < -0.4 is 10.7 Å². The lowest BCUT2D eigenvalue weighted by atomic mass is 10.1. The summed E-state index contributed by atoms with van der Waals surface area (Å²) in [5, 5.41) is 11.9. The molecule has 0 atom stereocenters. The van der Waals surface area contributed by atoms with Gasteiger partial charge in [0.05, 0.1) is 19.3 Å². The zero-order valence-electron chi connectivity index (χ0n) is 17.8. The Balaban J connectivity index is 1.44. The van der Waals surface area contributed by atoms with E-state index in [1.54, 1.807) is 18.6 Å². The highest BCUT2D eigenvalue weighted by Gasteiger charge is 2.11. The number of aryl methyl sites for hydroxylation is 1. The van der Waals surface area contributed by atoms with E-state index in [9.17, 15) is 4.79 Å². The van der Waals surface area contributed by atoms with Crippen molar-refractivity contribution in [1.82, 2.24) is 20.2 Å². The quantitative estimate of drug-likeness (QED) is 0.332. The van der Waals surface area contributed by atoms with Gasteiger partial charge in [0.2, 0.25) is 0 Å². The monoisotopic (exact) mass is 424 g/mol. The molecule has 7 nitrogen and oxygen atoms in total. The minimum absolute atomic E-state index is 0.128. The Kier molecular flexibility index (Phi) is 6.67. The molecule has 0 radical (unpaired) electrons. The van der Waals surface area contributed by atoms with Crippen LogP contribution in [0.1, 0.15) is 16.7 Å². The lowest BCUT2D eigenvalue weighted by Crippen LogP contribution is -2.25. The van der Waals surface area contributed by atoms with Crippen molar-refractivity contribution >= 4 is 17.8 Å². The van der Waals surface area contributed by atoms with E-state index < -0.39 is 0 Å². The van der Waals surface area contributed by atoms with Crippen LogP contribution in [0.4, 0.5) is 5.69 Å². The summed E-state index contributed by atoms with van der Waals surface area (Å²) in [7, 11) is 0. The molecule has 32 heavy (non-hydrogen) atoms. The molecule has 0 aliphatic rings. The molecular weight excluding hydrogens is 400 g/mol. The minimum Gasteiger partial charge on any atom is -0.376 e. The molecule has 0 fully saturated rings. The van der Waals surface area contributed by atoms with Gasteiger partial charge in [-0.05, 0) is 36.8 Å². The Morgan fingerprint density at radius 3 is 2.62 bits per heavy atom. The second kappa shape index (κ2) is 10.2. The highest BCUT2D eigenvalue weighted by Crippen LogP contribution is 2.20. The molecule has 0 aliphatic carbocycles. The number of carbonyl (C=O) groups is 1. The van der Waals surface area contributed by atoms with Crippen LogP contribution in [-0.4, -0.2) is 33.4 Å². The van der Waals surface area contributed by atoms with Crippen LogP contribution in [-0.2, 0) is 11.3 Å². The van der Waals surface area contributed by atoms with Crippen molar-refractivity contribution in [2.24, 2.45) is 5.10 Å². The van der Waals surface area contributed by atoms with E-state index in [0.29, 0.717) is 6.54 Å². The standard InChI is InChI=1S/C25H24N6O/c1-19-9-11-23(12-10-19)27-16-24(32)29-28-15-22-18-31(17-20-6-3-2-4-7-20)30-25(22)21-8-5-13-26-14-21/h2-15,18,27H,16-17H2,1H3,(H,29,32)/b28-15+. The normalized spacial score (nSPS) is 10.9. The first-order chi connectivity index (χ1) is 15.7. The topological polar surface area (TPSA) is 84.2 Å². The Hall–Kier alpha value is -4.26. The van der Waals surface area contributed by atoms with Crippen LogP contribution in [0, 0.1) is 6.92 Å².